The standard InChI is InChI=1S/C38H45O8P/c1-3-43-47(44-4-2)46-38-37(42-28-33-23-15-8-16-24-33)36(41-27-32-21-13-7-14-22-32)35(40-26-31-19-11-6-12-20-31)34(45-38)29-39-25-30-17-9-5-10-18-30/h5-24,34-38H,3-4,25-29H2,1-2H3/t34-,35-,36+,37+,38-/m1/s1. The Kier molecular flexibility index (Phi) is 14.8. The third kappa shape index (κ3) is 11.3. The van der Waals surface area contributed by atoms with Crippen molar-refractivity contribution in [2.45, 2.75) is 71.0 Å². The van der Waals surface area contributed by atoms with E-state index >= 15 is 0 Å². The molecule has 0 aromatic heterocycles. The van der Waals surface area contributed by atoms with E-state index in [2.05, 4.69) is 0 Å². The smallest absolute Gasteiger partial charge is 0.335 e. The molecule has 47 heavy (non-hydrogen) atoms. The number of rotatable bonds is 19. The van der Waals surface area contributed by atoms with Gasteiger partial charge in [0, 0.05) is 0 Å². The monoisotopic (exact) mass is 660 g/mol. The lowest BCUT2D eigenvalue weighted by Gasteiger charge is -2.46. The average Bonchev–Trinajstić information content (AvgIpc) is 3.12. The van der Waals surface area contributed by atoms with Crippen molar-refractivity contribution >= 4 is 8.60 Å². The minimum absolute atomic E-state index is 0.242. The molecule has 4 aromatic rings. The maximum Gasteiger partial charge on any atom is 0.335 e. The molecular weight excluding hydrogens is 615 g/mol. The largest absolute Gasteiger partial charge is 0.374 e. The fourth-order valence-electron chi connectivity index (χ4n) is 5.23. The molecule has 1 aliphatic heterocycles. The number of hydrogen-bond acceptors (Lipinski definition) is 8. The van der Waals surface area contributed by atoms with Crippen molar-refractivity contribution in [3.8, 4) is 0 Å². The number of benzene rings is 4. The fourth-order valence-corrected chi connectivity index (χ4v) is 6.18. The van der Waals surface area contributed by atoms with Crippen LogP contribution >= 0.6 is 8.60 Å². The van der Waals surface area contributed by atoms with E-state index in [-0.39, 0.29) is 6.61 Å². The van der Waals surface area contributed by atoms with Crippen LogP contribution in [0.25, 0.3) is 0 Å². The van der Waals surface area contributed by atoms with E-state index in [9.17, 15) is 0 Å². The Balaban J connectivity index is 1.46. The molecule has 8 nitrogen and oxygen atoms in total. The lowest BCUT2D eigenvalue weighted by Crippen LogP contribution is -2.61. The lowest BCUT2D eigenvalue weighted by molar-refractivity contribution is -0.311. The summed E-state index contributed by atoms with van der Waals surface area (Å²) in [6.07, 6.45) is -3.26. The normalized spacial score (nSPS) is 21.2. The highest BCUT2D eigenvalue weighted by Crippen LogP contribution is 2.44. The molecule has 5 atom stereocenters. The van der Waals surface area contributed by atoms with Gasteiger partial charge in [0.1, 0.15) is 24.4 Å². The molecule has 0 aliphatic carbocycles. The number of hydrogen-bond donors (Lipinski definition) is 0. The van der Waals surface area contributed by atoms with Crippen molar-refractivity contribution in [1.82, 2.24) is 0 Å². The van der Waals surface area contributed by atoms with E-state index < -0.39 is 39.3 Å². The van der Waals surface area contributed by atoms with Gasteiger partial charge < -0.3 is 32.7 Å². The molecule has 0 saturated carbocycles. The van der Waals surface area contributed by atoms with Crippen molar-refractivity contribution in [2.75, 3.05) is 19.8 Å². The Morgan fingerprint density at radius 1 is 0.511 bits per heavy atom. The van der Waals surface area contributed by atoms with Gasteiger partial charge in [0.25, 0.3) is 0 Å². The zero-order valence-corrected chi connectivity index (χ0v) is 28.0. The van der Waals surface area contributed by atoms with Crippen LogP contribution in [0.1, 0.15) is 36.1 Å². The van der Waals surface area contributed by atoms with E-state index in [1.807, 2.05) is 135 Å². The summed E-state index contributed by atoms with van der Waals surface area (Å²) in [5, 5.41) is 0. The topological polar surface area (TPSA) is 73.8 Å². The average molecular weight is 661 g/mol. The highest BCUT2D eigenvalue weighted by molar-refractivity contribution is 7.41. The summed E-state index contributed by atoms with van der Waals surface area (Å²) in [5.74, 6) is 0. The Morgan fingerprint density at radius 3 is 1.36 bits per heavy atom. The van der Waals surface area contributed by atoms with Crippen LogP contribution in [0.15, 0.2) is 121 Å². The maximum atomic E-state index is 6.76. The molecule has 0 spiro atoms. The van der Waals surface area contributed by atoms with E-state index in [1.54, 1.807) is 0 Å². The molecule has 0 bridgehead atoms. The van der Waals surface area contributed by atoms with Crippen LogP contribution in [0.3, 0.4) is 0 Å². The van der Waals surface area contributed by atoms with E-state index in [1.165, 1.54) is 0 Å². The van der Waals surface area contributed by atoms with Crippen LogP contribution in [-0.4, -0.2) is 50.5 Å². The molecule has 1 saturated heterocycles. The summed E-state index contributed by atoms with van der Waals surface area (Å²) < 4.78 is 51.2. The van der Waals surface area contributed by atoms with Gasteiger partial charge in [-0.1, -0.05) is 121 Å². The quantitative estimate of drug-likeness (QED) is 0.0938. The minimum Gasteiger partial charge on any atom is -0.374 e. The fraction of sp³-hybridized carbons (Fsp3) is 0.368. The van der Waals surface area contributed by atoms with E-state index in [4.69, 9.17) is 37.3 Å². The molecule has 1 heterocycles. The van der Waals surface area contributed by atoms with Crippen LogP contribution in [0, 0.1) is 0 Å². The molecular formula is C38H45O8P. The highest BCUT2D eigenvalue weighted by atomic mass is 31.2. The van der Waals surface area contributed by atoms with Gasteiger partial charge in [0.2, 0.25) is 0 Å². The summed E-state index contributed by atoms with van der Waals surface area (Å²) in [5.41, 5.74) is 4.15. The van der Waals surface area contributed by atoms with Crippen LogP contribution in [0.5, 0.6) is 0 Å². The predicted molar refractivity (Wildman–Crippen MR) is 181 cm³/mol. The second-order valence-corrected chi connectivity index (χ2v) is 12.2. The second-order valence-electron chi connectivity index (χ2n) is 11.0. The third-order valence-electron chi connectivity index (χ3n) is 7.50. The zero-order chi connectivity index (χ0) is 32.5. The summed E-state index contributed by atoms with van der Waals surface area (Å²) in [7, 11) is -1.72. The first-order valence-corrected chi connectivity index (χ1v) is 17.3. The summed E-state index contributed by atoms with van der Waals surface area (Å²) >= 11 is 0. The molecule has 250 valence electrons. The summed E-state index contributed by atoms with van der Waals surface area (Å²) in [4.78, 5) is 0. The van der Waals surface area contributed by atoms with Gasteiger partial charge in [0.05, 0.1) is 46.2 Å². The first kappa shape index (κ1) is 35.3. The van der Waals surface area contributed by atoms with Crippen LogP contribution in [-0.2, 0) is 63.7 Å². The van der Waals surface area contributed by atoms with Crippen molar-refractivity contribution < 1.29 is 37.3 Å². The maximum absolute atomic E-state index is 6.76. The Hall–Kier alpha value is -3.01. The Bertz CT molecular complexity index is 1380. The van der Waals surface area contributed by atoms with Crippen molar-refractivity contribution in [3.63, 3.8) is 0 Å². The molecule has 9 heteroatoms. The summed E-state index contributed by atoms with van der Waals surface area (Å²) in [6, 6.07) is 40.2. The van der Waals surface area contributed by atoms with Crippen molar-refractivity contribution in [1.29, 1.82) is 0 Å². The van der Waals surface area contributed by atoms with Crippen molar-refractivity contribution in [2.24, 2.45) is 0 Å². The van der Waals surface area contributed by atoms with Crippen LogP contribution in [0.2, 0.25) is 0 Å². The molecule has 1 fully saturated rings. The van der Waals surface area contributed by atoms with Gasteiger partial charge in [0.15, 0.2) is 6.29 Å². The van der Waals surface area contributed by atoms with Gasteiger partial charge in [-0.15, -0.1) is 0 Å². The van der Waals surface area contributed by atoms with Gasteiger partial charge in [-0.3, -0.25) is 4.52 Å². The Labute approximate surface area is 279 Å². The van der Waals surface area contributed by atoms with Crippen molar-refractivity contribution in [3.05, 3.63) is 144 Å². The first-order valence-electron chi connectivity index (χ1n) is 16.2. The second kappa shape index (κ2) is 19.7. The SMILES string of the molecule is CCOP(OCC)O[C@H]1O[C@H](COCc2ccccc2)[C@@H](OCc2ccccc2)[C@H](OCc2ccccc2)[C@@H]1OCc1ccccc1. The lowest BCUT2D eigenvalue weighted by atomic mass is 9.98. The number of ether oxygens (including phenoxy) is 5. The molecule has 0 amide bonds. The molecule has 5 rings (SSSR count). The minimum atomic E-state index is -1.72. The zero-order valence-electron chi connectivity index (χ0n) is 27.1. The van der Waals surface area contributed by atoms with Gasteiger partial charge in [-0.2, -0.15) is 0 Å². The Morgan fingerprint density at radius 2 is 0.915 bits per heavy atom. The summed E-state index contributed by atoms with van der Waals surface area (Å²) in [6.45, 7) is 6.35. The van der Waals surface area contributed by atoms with E-state index in [0.29, 0.717) is 39.6 Å². The van der Waals surface area contributed by atoms with Gasteiger partial charge in [-0.25, -0.2) is 0 Å². The van der Waals surface area contributed by atoms with Crippen LogP contribution in [0.4, 0.5) is 0 Å². The third-order valence-corrected chi connectivity index (χ3v) is 8.82. The highest BCUT2D eigenvalue weighted by Gasteiger charge is 2.50. The molecule has 0 N–H and O–H groups in total. The predicted octanol–water partition coefficient (Wildman–Crippen LogP) is 8.00. The van der Waals surface area contributed by atoms with Gasteiger partial charge in [-0.05, 0) is 36.1 Å². The molecule has 4 aromatic carbocycles. The first-order chi connectivity index (χ1) is 23.2. The molecule has 0 unspecified atom stereocenters. The molecule has 0 radical (unpaired) electrons. The van der Waals surface area contributed by atoms with E-state index in [0.717, 1.165) is 22.3 Å². The molecule has 1 aliphatic rings. The van der Waals surface area contributed by atoms with Gasteiger partial charge >= 0.3 is 8.60 Å². The van der Waals surface area contributed by atoms with Crippen LogP contribution < -0.4 is 0 Å².